The molecule has 1 rings (SSSR count). The van der Waals surface area contributed by atoms with Crippen LogP contribution < -0.4 is 0 Å². The van der Waals surface area contributed by atoms with E-state index in [0.717, 1.165) is 5.56 Å². The first-order chi connectivity index (χ1) is 8.12. The highest BCUT2D eigenvalue weighted by Crippen LogP contribution is 2.58. The van der Waals surface area contributed by atoms with E-state index in [1.807, 2.05) is 30.3 Å². The van der Waals surface area contributed by atoms with Gasteiger partial charge in [0.2, 0.25) is 0 Å². The first-order valence-corrected chi connectivity index (χ1v) is 7.36. The summed E-state index contributed by atoms with van der Waals surface area (Å²) in [4.78, 5) is 0. The van der Waals surface area contributed by atoms with Crippen LogP contribution in [-0.2, 0) is 13.6 Å². The van der Waals surface area contributed by atoms with Gasteiger partial charge in [-0.1, -0.05) is 41.9 Å². The van der Waals surface area contributed by atoms with E-state index in [2.05, 4.69) is 0 Å². The molecule has 0 atom stereocenters. The second-order valence-electron chi connectivity index (χ2n) is 3.21. The van der Waals surface area contributed by atoms with Crippen LogP contribution in [-0.4, -0.2) is 13.2 Å². The molecule has 0 aliphatic heterocycles. The van der Waals surface area contributed by atoms with Gasteiger partial charge in [0.1, 0.15) is 4.77 Å². The van der Waals surface area contributed by atoms with Crippen molar-refractivity contribution in [2.75, 3.05) is 13.2 Å². The van der Waals surface area contributed by atoms with Crippen molar-refractivity contribution in [2.24, 2.45) is 0 Å². The quantitative estimate of drug-likeness (QED) is 0.717. The van der Waals surface area contributed by atoms with Crippen LogP contribution >= 0.6 is 19.2 Å². The zero-order chi connectivity index (χ0) is 12.7. The zero-order valence-corrected chi connectivity index (χ0v) is 11.6. The second kappa shape index (κ2) is 6.97. The summed E-state index contributed by atoms with van der Waals surface area (Å²) in [7, 11) is -3.35. The Hall–Kier alpha value is -0.600. The molecule has 17 heavy (non-hydrogen) atoms. The minimum atomic E-state index is -3.35. The molecular formula is C12H16ClO3P. The van der Waals surface area contributed by atoms with Gasteiger partial charge in [-0.15, -0.1) is 0 Å². The second-order valence-corrected chi connectivity index (χ2v) is 5.87. The van der Waals surface area contributed by atoms with Crippen molar-refractivity contribution in [1.29, 1.82) is 0 Å². The van der Waals surface area contributed by atoms with E-state index in [0.29, 0.717) is 0 Å². The van der Waals surface area contributed by atoms with Crippen LogP contribution in [0.2, 0.25) is 0 Å². The zero-order valence-electron chi connectivity index (χ0n) is 9.93. The van der Waals surface area contributed by atoms with E-state index >= 15 is 0 Å². The van der Waals surface area contributed by atoms with Crippen molar-refractivity contribution in [2.45, 2.75) is 13.8 Å². The van der Waals surface area contributed by atoms with Gasteiger partial charge in [0.15, 0.2) is 0 Å². The largest absolute Gasteiger partial charge is 0.372 e. The third-order valence-electron chi connectivity index (χ3n) is 1.95. The predicted octanol–water partition coefficient (Wildman–Crippen LogP) is 4.49. The lowest BCUT2D eigenvalue weighted by molar-refractivity contribution is 0.228. The van der Waals surface area contributed by atoms with Crippen LogP contribution in [0.4, 0.5) is 0 Å². The number of rotatable bonds is 6. The summed E-state index contributed by atoms with van der Waals surface area (Å²) in [6.45, 7) is 4.07. The van der Waals surface area contributed by atoms with Crippen LogP contribution in [0.25, 0.3) is 6.08 Å². The van der Waals surface area contributed by atoms with Crippen LogP contribution in [0.3, 0.4) is 0 Å². The average molecular weight is 275 g/mol. The highest BCUT2D eigenvalue weighted by Gasteiger charge is 2.28. The lowest BCUT2D eigenvalue weighted by atomic mass is 10.2. The molecule has 0 N–H and O–H groups in total. The summed E-state index contributed by atoms with van der Waals surface area (Å²) in [6, 6.07) is 9.38. The van der Waals surface area contributed by atoms with E-state index in [1.54, 1.807) is 19.9 Å². The molecule has 0 aromatic heterocycles. The lowest BCUT2D eigenvalue weighted by Crippen LogP contribution is -1.95. The van der Waals surface area contributed by atoms with E-state index in [-0.39, 0.29) is 18.0 Å². The molecule has 0 bridgehead atoms. The molecular weight excluding hydrogens is 259 g/mol. The Labute approximate surface area is 107 Å². The van der Waals surface area contributed by atoms with E-state index in [1.165, 1.54) is 0 Å². The van der Waals surface area contributed by atoms with Gasteiger partial charge in [0.25, 0.3) is 0 Å². The molecule has 0 aliphatic carbocycles. The number of hydrogen-bond acceptors (Lipinski definition) is 3. The Morgan fingerprint density at radius 1 is 1.24 bits per heavy atom. The maximum absolute atomic E-state index is 12.3. The molecule has 0 unspecified atom stereocenters. The molecule has 0 saturated carbocycles. The molecule has 0 heterocycles. The Bertz CT molecular complexity index is 407. The molecule has 3 nitrogen and oxygen atoms in total. The van der Waals surface area contributed by atoms with E-state index in [9.17, 15) is 4.57 Å². The molecule has 0 radical (unpaired) electrons. The Balaban J connectivity index is 2.96. The van der Waals surface area contributed by atoms with Crippen LogP contribution in [0.5, 0.6) is 0 Å². The fraction of sp³-hybridized carbons (Fsp3) is 0.333. The van der Waals surface area contributed by atoms with E-state index < -0.39 is 7.60 Å². The fourth-order valence-electron chi connectivity index (χ4n) is 1.27. The number of halogens is 1. The van der Waals surface area contributed by atoms with Crippen LogP contribution in [0.1, 0.15) is 19.4 Å². The molecule has 0 saturated heterocycles. The van der Waals surface area contributed by atoms with Crippen LogP contribution in [0.15, 0.2) is 35.1 Å². The van der Waals surface area contributed by atoms with Gasteiger partial charge in [0, 0.05) is 0 Å². The highest BCUT2D eigenvalue weighted by atomic mass is 35.5. The van der Waals surface area contributed by atoms with Crippen molar-refractivity contribution in [3.63, 3.8) is 0 Å². The Morgan fingerprint density at radius 2 is 1.76 bits per heavy atom. The Kier molecular flexibility index (Phi) is 5.93. The summed E-state index contributed by atoms with van der Waals surface area (Å²) in [5, 5.41) is 0. The smallest absolute Gasteiger partial charge is 0.305 e. The lowest BCUT2D eigenvalue weighted by Gasteiger charge is -2.15. The van der Waals surface area contributed by atoms with Crippen molar-refractivity contribution in [3.05, 3.63) is 40.7 Å². The maximum atomic E-state index is 12.3. The summed E-state index contributed by atoms with van der Waals surface area (Å²) in [5.41, 5.74) is 0.858. The van der Waals surface area contributed by atoms with Crippen molar-refractivity contribution < 1.29 is 13.6 Å². The first-order valence-electron chi connectivity index (χ1n) is 5.44. The number of benzene rings is 1. The molecule has 94 valence electrons. The SMILES string of the molecule is CCOP(=O)(OCC)/C(Cl)=C/c1ccccc1. The minimum Gasteiger partial charge on any atom is -0.305 e. The van der Waals surface area contributed by atoms with Crippen molar-refractivity contribution in [1.82, 2.24) is 0 Å². The van der Waals surface area contributed by atoms with Gasteiger partial charge in [-0.3, -0.25) is 4.57 Å². The molecule has 0 spiro atoms. The van der Waals surface area contributed by atoms with Gasteiger partial charge in [0.05, 0.1) is 13.2 Å². The molecule has 0 amide bonds. The third-order valence-corrected chi connectivity index (χ3v) is 4.52. The summed E-state index contributed by atoms with van der Waals surface area (Å²) >= 11 is 6.03. The Morgan fingerprint density at radius 3 is 2.24 bits per heavy atom. The highest BCUT2D eigenvalue weighted by molar-refractivity contribution is 7.61. The standard InChI is InChI=1S/C12H16ClO3P/c1-3-15-17(14,16-4-2)12(13)10-11-8-6-5-7-9-11/h5-10H,3-4H2,1-2H3/b12-10+. The third kappa shape index (κ3) is 4.29. The van der Waals surface area contributed by atoms with Gasteiger partial charge in [-0.25, -0.2) is 0 Å². The van der Waals surface area contributed by atoms with Gasteiger partial charge >= 0.3 is 7.60 Å². The van der Waals surface area contributed by atoms with Crippen molar-refractivity contribution >= 4 is 25.3 Å². The van der Waals surface area contributed by atoms with E-state index in [4.69, 9.17) is 20.6 Å². The topological polar surface area (TPSA) is 35.5 Å². The number of hydrogen-bond donors (Lipinski definition) is 0. The molecule has 0 fully saturated rings. The first kappa shape index (κ1) is 14.5. The summed E-state index contributed by atoms with van der Waals surface area (Å²) < 4.78 is 22.7. The van der Waals surface area contributed by atoms with Crippen LogP contribution in [0, 0.1) is 0 Å². The van der Waals surface area contributed by atoms with Gasteiger partial charge in [-0.2, -0.15) is 0 Å². The van der Waals surface area contributed by atoms with Crippen molar-refractivity contribution in [3.8, 4) is 0 Å². The fourth-order valence-corrected chi connectivity index (χ4v) is 2.99. The summed E-state index contributed by atoms with van der Waals surface area (Å²) in [5.74, 6) is 0. The van der Waals surface area contributed by atoms with Gasteiger partial charge < -0.3 is 9.05 Å². The molecule has 5 heteroatoms. The normalized spacial score (nSPS) is 12.8. The van der Waals surface area contributed by atoms with Gasteiger partial charge in [-0.05, 0) is 25.5 Å². The molecule has 1 aromatic rings. The molecule has 0 aliphatic rings. The maximum Gasteiger partial charge on any atom is 0.372 e. The molecule has 1 aromatic carbocycles. The predicted molar refractivity (Wildman–Crippen MR) is 71.1 cm³/mol. The minimum absolute atomic E-state index is 0.104. The monoisotopic (exact) mass is 274 g/mol. The average Bonchev–Trinajstić information content (AvgIpc) is 2.31. The summed E-state index contributed by atoms with van der Waals surface area (Å²) in [6.07, 6.45) is 1.60.